The second-order valence-electron chi connectivity index (χ2n) is 2.90. The van der Waals surface area contributed by atoms with Gasteiger partial charge in [0.2, 0.25) is 0 Å². The Kier molecular flexibility index (Phi) is 2.01. The fraction of sp³-hybridized carbons (Fsp3) is 0.182. The Morgan fingerprint density at radius 3 is 3.23 bits per heavy atom. The van der Waals surface area contributed by atoms with Crippen molar-refractivity contribution in [3.05, 3.63) is 36.2 Å². The zero-order chi connectivity index (χ0) is 9.10. The minimum absolute atomic E-state index is 0.774. The van der Waals surface area contributed by atoms with Crippen LogP contribution in [-0.2, 0) is 6.42 Å². The molecule has 2 aromatic rings. The summed E-state index contributed by atoms with van der Waals surface area (Å²) < 4.78 is 1.87. The molecule has 2 aromatic heterocycles. The summed E-state index contributed by atoms with van der Waals surface area (Å²) in [5.74, 6) is 2.63. The lowest BCUT2D eigenvalue weighted by Gasteiger charge is -1.94. The molecule has 13 heavy (non-hydrogen) atoms. The third kappa shape index (κ3) is 1.41. The van der Waals surface area contributed by atoms with Crippen molar-refractivity contribution in [2.75, 3.05) is 0 Å². The van der Waals surface area contributed by atoms with Gasteiger partial charge < -0.3 is 0 Å². The predicted octanol–water partition coefficient (Wildman–Crippen LogP) is 1.90. The first-order chi connectivity index (χ1) is 6.42. The number of pyridine rings is 1. The maximum Gasteiger partial charge on any atom is 0.0693 e. The highest BCUT2D eigenvalue weighted by atomic mass is 15.2. The number of aromatic nitrogens is 2. The van der Waals surface area contributed by atoms with Crippen molar-refractivity contribution in [1.29, 1.82) is 0 Å². The standard InChI is InChI=1S/C11H10N2/c1-2-3-6-10-9-12-13-8-5-4-7-11(10)13/h1,4-5,7-9H,3,6H2. The molecule has 0 saturated heterocycles. The molecule has 0 atom stereocenters. The summed E-state index contributed by atoms with van der Waals surface area (Å²) in [4.78, 5) is 0. The van der Waals surface area contributed by atoms with Gasteiger partial charge in [0.15, 0.2) is 0 Å². The lowest BCUT2D eigenvalue weighted by atomic mass is 10.1. The molecular weight excluding hydrogens is 160 g/mol. The summed E-state index contributed by atoms with van der Waals surface area (Å²) in [7, 11) is 0. The molecule has 0 spiro atoms. The number of terminal acetylenes is 1. The molecule has 0 bridgehead atoms. The molecule has 0 fully saturated rings. The molecule has 0 aliphatic heterocycles. The quantitative estimate of drug-likeness (QED) is 0.629. The molecule has 0 unspecified atom stereocenters. The topological polar surface area (TPSA) is 17.3 Å². The summed E-state index contributed by atoms with van der Waals surface area (Å²) in [6, 6.07) is 6.03. The van der Waals surface area contributed by atoms with E-state index in [2.05, 4.69) is 17.1 Å². The molecule has 2 heterocycles. The normalized spacial score (nSPS) is 10.1. The van der Waals surface area contributed by atoms with Crippen LogP contribution in [0.4, 0.5) is 0 Å². The minimum atomic E-state index is 0.774. The van der Waals surface area contributed by atoms with Gasteiger partial charge in [-0.1, -0.05) is 6.07 Å². The van der Waals surface area contributed by atoms with E-state index in [-0.39, 0.29) is 0 Å². The van der Waals surface area contributed by atoms with Crippen molar-refractivity contribution in [1.82, 2.24) is 9.61 Å². The van der Waals surface area contributed by atoms with Gasteiger partial charge in [-0.2, -0.15) is 5.10 Å². The van der Waals surface area contributed by atoms with E-state index in [1.165, 1.54) is 5.56 Å². The Bertz CT molecular complexity index is 448. The van der Waals surface area contributed by atoms with Crippen molar-refractivity contribution in [3.63, 3.8) is 0 Å². The molecule has 0 radical (unpaired) electrons. The van der Waals surface area contributed by atoms with Crippen LogP contribution in [0.1, 0.15) is 12.0 Å². The first-order valence-corrected chi connectivity index (χ1v) is 4.26. The van der Waals surface area contributed by atoms with Gasteiger partial charge in [0.25, 0.3) is 0 Å². The van der Waals surface area contributed by atoms with Crippen LogP contribution in [0, 0.1) is 12.3 Å². The van der Waals surface area contributed by atoms with Crippen LogP contribution in [-0.4, -0.2) is 9.61 Å². The molecule has 2 heteroatoms. The van der Waals surface area contributed by atoms with E-state index in [0.717, 1.165) is 18.4 Å². The zero-order valence-corrected chi connectivity index (χ0v) is 7.27. The Labute approximate surface area is 77.2 Å². The van der Waals surface area contributed by atoms with Crippen molar-refractivity contribution < 1.29 is 0 Å². The van der Waals surface area contributed by atoms with Crippen LogP contribution in [0.3, 0.4) is 0 Å². The van der Waals surface area contributed by atoms with Gasteiger partial charge in [0, 0.05) is 12.6 Å². The molecule has 0 aliphatic rings. The van der Waals surface area contributed by atoms with Gasteiger partial charge in [-0.25, -0.2) is 4.52 Å². The monoisotopic (exact) mass is 170 g/mol. The molecule has 0 N–H and O–H groups in total. The Morgan fingerprint density at radius 2 is 2.38 bits per heavy atom. The summed E-state index contributed by atoms with van der Waals surface area (Å²) in [6.45, 7) is 0. The summed E-state index contributed by atoms with van der Waals surface area (Å²) in [5, 5.41) is 4.22. The first kappa shape index (κ1) is 7.88. The number of hydrogen-bond acceptors (Lipinski definition) is 1. The SMILES string of the molecule is C#CCCc1cnn2ccccc12. The average molecular weight is 170 g/mol. The number of aryl methyl sites for hydroxylation is 1. The van der Waals surface area contributed by atoms with Gasteiger partial charge in [-0.3, -0.25) is 0 Å². The van der Waals surface area contributed by atoms with Crippen molar-refractivity contribution >= 4 is 5.52 Å². The third-order valence-electron chi connectivity index (χ3n) is 2.04. The van der Waals surface area contributed by atoms with Gasteiger partial charge >= 0.3 is 0 Å². The highest BCUT2D eigenvalue weighted by Gasteiger charge is 2.00. The van der Waals surface area contributed by atoms with E-state index < -0.39 is 0 Å². The fourth-order valence-electron chi connectivity index (χ4n) is 1.39. The van der Waals surface area contributed by atoms with Crippen LogP contribution >= 0.6 is 0 Å². The predicted molar refractivity (Wildman–Crippen MR) is 52.3 cm³/mol. The van der Waals surface area contributed by atoms with E-state index in [9.17, 15) is 0 Å². The second-order valence-corrected chi connectivity index (χ2v) is 2.90. The van der Waals surface area contributed by atoms with E-state index >= 15 is 0 Å². The summed E-state index contributed by atoms with van der Waals surface area (Å²) in [6.07, 6.45) is 10.7. The van der Waals surface area contributed by atoms with E-state index in [0.29, 0.717) is 0 Å². The van der Waals surface area contributed by atoms with Crippen molar-refractivity contribution in [2.24, 2.45) is 0 Å². The third-order valence-corrected chi connectivity index (χ3v) is 2.04. The lowest BCUT2D eigenvalue weighted by Crippen LogP contribution is -1.85. The Hall–Kier alpha value is -1.75. The summed E-state index contributed by atoms with van der Waals surface area (Å²) >= 11 is 0. The first-order valence-electron chi connectivity index (χ1n) is 4.26. The van der Waals surface area contributed by atoms with Crippen LogP contribution < -0.4 is 0 Å². The molecule has 0 aromatic carbocycles. The van der Waals surface area contributed by atoms with Crippen molar-refractivity contribution in [2.45, 2.75) is 12.8 Å². The number of rotatable bonds is 2. The molecule has 2 nitrogen and oxygen atoms in total. The highest BCUT2D eigenvalue weighted by Crippen LogP contribution is 2.11. The van der Waals surface area contributed by atoms with Crippen molar-refractivity contribution in [3.8, 4) is 12.3 Å². The zero-order valence-electron chi connectivity index (χ0n) is 7.27. The Balaban J connectivity index is 2.41. The minimum Gasteiger partial charge on any atom is -0.241 e. The van der Waals surface area contributed by atoms with E-state index in [1.807, 2.05) is 29.0 Å². The molecule has 0 saturated carbocycles. The largest absolute Gasteiger partial charge is 0.241 e. The van der Waals surface area contributed by atoms with Crippen LogP contribution in [0.2, 0.25) is 0 Å². The van der Waals surface area contributed by atoms with Crippen LogP contribution in [0.25, 0.3) is 5.52 Å². The van der Waals surface area contributed by atoms with Crippen LogP contribution in [0.15, 0.2) is 30.6 Å². The van der Waals surface area contributed by atoms with Gasteiger partial charge in [-0.05, 0) is 24.1 Å². The van der Waals surface area contributed by atoms with Gasteiger partial charge in [0.05, 0.1) is 11.7 Å². The Morgan fingerprint density at radius 1 is 1.46 bits per heavy atom. The smallest absolute Gasteiger partial charge is 0.0693 e. The lowest BCUT2D eigenvalue weighted by molar-refractivity contribution is 0.961. The average Bonchev–Trinajstić information content (AvgIpc) is 2.58. The molecule has 0 amide bonds. The maximum absolute atomic E-state index is 5.21. The molecule has 2 rings (SSSR count). The second kappa shape index (κ2) is 3.32. The van der Waals surface area contributed by atoms with Gasteiger partial charge in [0.1, 0.15) is 0 Å². The van der Waals surface area contributed by atoms with Crippen LogP contribution in [0.5, 0.6) is 0 Å². The molecule has 64 valence electrons. The maximum atomic E-state index is 5.21. The van der Waals surface area contributed by atoms with E-state index in [1.54, 1.807) is 0 Å². The number of hydrogen-bond donors (Lipinski definition) is 0. The highest BCUT2D eigenvalue weighted by molar-refractivity contribution is 5.53. The number of fused-ring (bicyclic) bond motifs is 1. The van der Waals surface area contributed by atoms with E-state index in [4.69, 9.17) is 6.42 Å². The fourth-order valence-corrected chi connectivity index (χ4v) is 1.39. The summed E-state index contributed by atoms with van der Waals surface area (Å²) in [5.41, 5.74) is 2.37. The number of nitrogens with zero attached hydrogens (tertiary/aromatic N) is 2. The molecular formula is C11H10N2. The molecule has 0 aliphatic carbocycles. The van der Waals surface area contributed by atoms with Gasteiger partial charge in [-0.15, -0.1) is 12.3 Å².